The van der Waals surface area contributed by atoms with Crippen LogP contribution in [0.3, 0.4) is 0 Å². The minimum Gasteiger partial charge on any atom is -0.493 e. The van der Waals surface area contributed by atoms with Crippen molar-refractivity contribution >= 4 is 40.8 Å². The number of hydrogen-bond acceptors (Lipinski definition) is 5. The van der Waals surface area contributed by atoms with Crippen molar-refractivity contribution in [1.29, 1.82) is 0 Å². The molecule has 0 unspecified atom stereocenters. The van der Waals surface area contributed by atoms with Gasteiger partial charge in [-0.15, -0.1) is 0 Å². The number of ether oxygens (including phenoxy) is 3. The first-order valence-electron chi connectivity index (χ1n) is 9.49. The fourth-order valence-corrected chi connectivity index (χ4v) is 2.99. The lowest BCUT2D eigenvalue weighted by molar-refractivity contribution is 0.211. The van der Waals surface area contributed by atoms with Gasteiger partial charge >= 0.3 is 0 Å². The van der Waals surface area contributed by atoms with Crippen LogP contribution in [0.4, 0.5) is 5.69 Å². The third kappa shape index (κ3) is 7.16. The zero-order valence-corrected chi connectivity index (χ0v) is 18.5. The van der Waals surface area contributed by atoms with Gasteiger partial charge in [0.15, 0.2) is 16.6 Å². The van der Waals surface area contributed by atoms with E-state index in [-0.39, 0.29) is 0 Å². The molecular formula is C23H22ClN3O3S. The Kier molecular flexibility index (Phi) is 8.51. The SMILES string of the molecule is COc1ccccc1OCCOc1ccc(Cl)cc1/C=N/NC(=S)Nc1ccccc1. The Hall–Kier alpha value is -3.29. The van der Waals surface area contributed by atoms with Crippen LogP contribution >= 0.6 is 23.8 Å². The zero-order valence-electron chi connectivity index (χ0n) is 16.9. The average Bonchev–Trinajstić information content (AvgIpc) is 2.79. The number of halogens is 1. The molecule has 0 spiro atoms. The van der Waals surface area contributed by atoms with Crippen molar-refractivity contribution in [3.63, 3.8) is 0 Å². The molecule has 0 saturated carbocycles. The van der Waals surface area contributed by atoms with E-state index in [1.807, 2.05) is 54.6 Å². The Morgan fingerprint density at radius 2 is 1.61 bits per heavy atom. The van der Waals surface area contributed by atoms with Gasteiger partial charge in [0, 0.05) is 16.3 Å². The summed E-state index contributed by atoms with van der Waals surface area (Å²) in [5.41, 5.74) is 4.36. The third-order valence-electron chi connectivity index (χ3n) is 4.04. The van der Waals surface area contributed by atoms with Gasteiger partial charge in [0.2, 0.25) is 0 Å². The Bertz CT molecular complexity index is 1030. The number of nitrogens with zero attached hydrogens (tertiary/aromatic N) is 1. The van der Waals surface area contributed by atoms with E-state index in [1.54, 1.807) is 31.5 Å². The minimum atomic E-state index is 0.335. The summed E-state index contributed by atoms with van der Waals surface area (Å²) >= 11 is 11.4. The Labute approximate surface area is 191 Å². The van der Waals surface area contributed by atoms with E-state index >= 15 is 0 Å². The standard InChI is InChI=1S/C23H22ClN3O3S/c1-28-21-9-5-6-10-22(21)30-14-13-29-20-12-11-18(24)15-17(20)16-25-27-23(31)26-19-7-3-2-4-8-19/h2-12,15-16H,13-14H2,1H3,(H2,26,27,31)/b25-16+. The molecule has 0 heterocycles. The minimum absolute atomic E-state index is 0.335. The van der Waals surface area contributed by atoms with Crippen molar-refractivity contribution in [2.75, 3.05) is 25.6 Å². The number of nitrogens with one attached hydrogen (secondary N) is 2. The summed E-state index contributed by atoms with van der Waals surface area (Å²) in [6.45, 7) is 0.685. The summed E-state index contributed by atoms with van der Waals surface area (Å²) in [6.07, 6.45) is 1.60. The molecule has 0 atom stereocenters. The maximum Gasteiger partial charge on any atom is 0.191 e. The number of rotatable bonds is 9. The fraction of sp³-hybridized carbons (Fsp3) is 0.130. The van der Waals surface area contributed by atoms with Gasteiger partial charge in [0.25, 0.3) is 0 Å². The van der Waals surface area contributed by atoms with Gasteiger partial charge in [-0.1, -0.05) is 41.9 Å². The van der Waals surface area contributed by atoms with Crippen LogP contribution in [0.15, 0.2) is 77.9 Å². The number of hydrazone groups is 1. The molecule has 0 bridgehead atoms. The Morgan fingerprint density at radius 1 is 0.935 bits per heavy atom. The van der Waals surface area contributed by atoms with Crippen molar-refractivity contribution in [3.8, 4) is 17.2 Å². The second-order valence-electron chi connectivity index (χ2n) is 6.22. The fourth-order valence-electron chi connectivity index (χ4n) is 2.63. The smallest absolute Gasteiger partial charge is 0.191 e. The summed E-state index contributed by atoms with van der Waals surface area (Å²) in [5.74, 6) is 1.96. The number of anilines is 1. The third-order valence-corrected chi connectivity index (χ3v) is 4.47. The van der Waals surface area contributed by atoms with Gasteiger partial charge < -0.3 is 19.5 Å². The van der Waals surface area contributed by atoms with Crippen LogP contribution in [0.25, 0.3) is 0 Å². The molecule has 0 radical (unpaired) electrons. The maximum atomic E-state index is 6.13. The highest BCUT2D eigenvalue weighted by Gasteiger charge is 2.05. The van der Waals surface area contributed by atoms with E-state index in [9.17, 15) is 0 Å². The molecule has 2 N–H and O–H groups in total. The van der Waals surface area contributed by atoms with Crippen molar-refractivity contribution in [2.45, 2.75) is 0 Å². The molecule has 0 amide bonds. The highest BCUT2D eigenvalue weighted by Crippen LogP contribution is 2.26. The van der Waals surface area contributed by atoms with Crippen LogP contribution in [0.2, 0.25) is 5.02 Å². The van der Waals surface area contributed by atoms with Gasteiger partial charge in [-0.25, -0.2) is 0 Å². The lowest BCUT2D eigenvalue weighted by Gasteiger charge is -2.12. The monoisotopic (exact) mass is 455 g/mol. The summed E-state index contributed by atoms with van der Waals surface area (Å²) in [7, 11) is 1.60. The first-order valence-corrected chi connectivity index (χ1v) is 10.3. The largest absolute Gasteiger partial charge is 0.493 e. The summed E-state index contributed by atoms with van der Waals surface area (Å²) in [6, 6.07) is 22.3. The first kappa shape index (κ1) is 22.4. The second-order valence-corrected chi connectivity index (χ2v) is 7.06. The number of hydrogen-bond donors (Lipinski definition) is 2. The number of benzene rings is 3. The Morgan fingerprint density at radius 3 is 2.35 bits per heavy atom. The summed E-state index contributed by atoms with van der Waals surface area (Å²) in [5, 5.41) is 8.16. The molecular weight excluding hydrogens is 434 g/mol. The molecule has 0 aromatic heterocycles. The normalized spacial score (nSPS) is 10.5. The predicted octanol–water partition coefficient (Wildman–Crippen LogP) is 5.13. The molecule has 160 valence electrons. The summed E-state index contributed by atoms with van der Waals surface area (Å²) in [4.78, 5) is 0. The van der Waals surface area contributed by atoms with Crippen LogP contribution in [-0.2, 0) is 0 Å². The number of para-hydroxylation sites is 3. The van der Waals surface area contributed by atoms with Crippen molar-refractivity contribution < 1.29 is 14.2 Å². The van der Waals surface area contributed by atoms with Crippen LogP contribution in [-0.4, -0.2) is 31.7 Å². The van der Waals surface area contributed by atoms with E-state index in [4.69, 9.17) is 38.0 Å². The molecule has 0 aliphatic heterocycles. The van der Waals surface area contributed by atoms with E-state index < -0.39 is 0 Å². The van der Waals surface area contributed by atoms with Crippen LogP contribution in [0, 0.1) is 0 Å². The highest BCUT2D eigenvalue weighted by atomic mass is 35.5. The Balaban J connectivity index is 1.53. The van der Waals surface area contributed by atoms with Gasteiger partial charge in [0.1, 0.15) is 19.0 Å². The number of methoxy groups -OCH3 is 1. The van der Waals surface area contributed by atoms with Gasteiger partial charge in [-0.3, -0.25) is 5.43 Å². The van der Waals surface area contributed by atoms with Crippen molar-refractivity contribution in [3.05, 3.63) is 83.4 Å². The van der Waals surface area contributed by atoms with Gasteiger partial charge in [0.05, 0.1) is 13.3 Å². The number of thiocarbonyl (C=S) groups is 1. The van der Waals surface area contributed by atoms with E-state index in [0.29, 0.717) is 46.2 Å². The summed E-state index contributed by atoms with van der Waals surface area (Å²) < 4.78 is 16.9. The van der Waals surface area contributed by atoms with E-state index in [1.165, 1.54) is 0 Å². The molecule has 3 rings (SSSR count). The lowest BCUT2D eigenvalue weighted by Crippen LogP contribution is -2.23. The lowest BCUT2D eigenvalue weighted by atomic mass is 10.2. The zero-order chi connectivity index (χ0) is 21.9. The molecule has 0 saturated heterocycles. The van der Waals surface area contributed by atoms with Crippen LogP contribution < -0.4 is 25.0 Å². The van der Waals surface area contributed by atoms with Gasteiger partial charge in [-0.05, 0) is 54.7 Å². The quantitative estimate of drug-likeness (QED) is 0.202. The van der Waals surface area contributed by atoms with E-state index in [2.05, 4.69) is 15.8 Å². The topological polar surface area (TPSA) is 64.1 Å². The maximum absolute atomic E-state index is 6.13. The predicted molar refractivity (Wildman–Crippen MR) is 129 cm³/mol. The molecule has 0 aliphatic carbocycles. The molecule has 0 aliphatic rings. The molecule has 3 aromatic carbocycles. The first-order chi connectivity index (χ1) is 15.2. The second kappa shape index (κ2) is 11.8. The van der Waals surface area contributed by atoms with Crippen molar-refractivity contribution in [2.24, 2.45) is 5.10 Å². The van der Waals surface area contributed by atoms with Crippen LogP contribution in [0.5, 0.6) is 17.2 Å². The molecule has 31 heavy (non-hydrogen) atoms. The van der Waals surface area contributed by atoms with Crippen molar-refractivity contribution in [1.82, 2.24) is 5.43 Å². The molecule has 8 heteroatoms. The molecule has 0 fully saturated rings. The van der Waals surface area contributed by atoms with E-state index in [0.717, 1.165) is 5.69 Å². The van der Waals surface area contributed by atoms with Gasteiger partial charge in [-0.2, -0.15) is 5.10 Å². The molecule has 3 aromatic rings. The average molecular weight is 456 g/mol. The molecule has 6 nitrogen and oxygen atoms in total. The highest BCUT2D eigenvalue weighted by molar-refractivity contribution is 7.80. The van der Waals surface area contributed by atoms with Crippen LogP contribution in [0.1, 0.15) is 5.56 Å².